The third kappa shape index (κ3) is 2.76. The molecule has 2 saturated carbocycles. The third-order valence-corrected chi connectivity index (χ3v) is 3.90. The molecular formula is C13H22O3. The maximum absolute atomic E-state index is 11.9. The number of methoxy groups -OCH3 is 1. The molecule has 2 unspecified atom stereocenters. The number of hydrogen-bond acceptors (Lipinski definition) is 3. The van der Waals surface area contributed by atoms with Crippen LogP contribution >= 0.6 is 0 Å². The molecule has 0 heterocycles. The minimum absolute atomic E-state index is 0.00634. The zero-order valence-electron chi connectivity index (χ0n) is 10.1. The van der Waals surface area contributed by atoms with E-state index in [9.17, 15) is 4.79 Å². The highest BCUT2D eigenvalue weighted by Gasteiger charge is 2.31. The van der Waals surface area contributed by atoms with Gasteiger partial charge in [-0.05, 0) is 32.1 Å². The van der Waals surface area contributed by atoms with Gasteiger partial charge in [-0.25, -0.2) is 0 Å². The lowest BCUT2D eigenvalue weighted by atomic mass is 9.94. The van der Waals surface area contributed by atoms with E-state index in [1.807, 2.05) is 0 Å². The molecule has 0 aliphatic heterocycles. The molecule has 2 fully saturated rings. The van der Waals surface area contributed by atoms with Crippen LogP contribution in [-0.2, 0) is 14.3 Å². The van der Waals surface area contributed by atoms with Gasteiger partial charge in [0.1, 0.15) is 6.10 Å². The zero-order chi connectivity index (χ0) is 11.4. The topological polar surface area (TPSA) is 35.5 Å². The van der Waals surface area contributed by atoms with Gasteiger partial charge in [-0.3, -0.25) is 4.79 Å². The Bertz CT molecular complexity index is 233. The minimum atomic E-state index is 0.00634. The molecule has 2 aliphatic rings. The minimum Gasteiger partial charge on any atom is -0.459 e. The van der Waals surface area contributed by atoms with Crippen LogP contribution in [0.1, 0.15) is 51.4 Å². The van der Waals surface area contributed by atoms with Crippen molar-refractivity contribution >= 4 is 5.97 Å². The van der Waals surface area contributed by atoms with Crippen molar-refractivity contribution in [2.75, 3.05) is 7.11 Å². The van der Waals surface area contributed by atoms with Gasteiger partial charge in [-0.15, -0.1) is 0 Å². The first kappa shape index (κ1) is 11.9. The van der Waals surface area contributed by atoms with E-state index in [0.717, 1.165) is 32.1 Å². The van der Waals surface area contributed by atoms with Gasteiger partial charge in [0.25, 0.3) is 0 Å². The average molecular weight is 226 g/mol. The molecule has 2 rings (SSSR count). The normalized spacial score (nSPS) is 31.6. The Morgan fingerprint density at radius 2 is 1.50 bits per heavy atom. The van der Waals surface area contributed by atoms with E-state index in [-0.39, 0.29) is 24.1 Å². The van der Waals surface area contributed by atoms with Crippen molar-refractivity contribution in [2.24, 2.45) is 5.92 Å². The number of carbonyl (C=O) groups is 1. The lowest BCUT2D eigenvalue weighted by Crippen LogP contribution is -2.36. The van der Waals surface area contributed by atoms with Crippen molar-refractivity contribution in [1.82, 2.24) is 0 Å². The molecular weight excluding hydrogens is 204 g/mol. The number of ether oxygens (including phenoxy) is 2. The largest absolute Gasteiger partial charge is 0.459 e. The first-order valence-electron chi connectivity index (χ1n) is 6.54. The van der Waals surface area contributed by atoms with Crippen LogP contribution in [0.3, 0.4) is 0 Å². The van der Waals surface area contributed by atoms with Gasteiger partial charge in [-0.2, -0.15) is 0 Å². The highest BCUT2D eigenvalue weighted by molar-refractivity contribution is 5.72. The molecule has 0 aromatic heterocycles. The standard InChI is InChI=1S/C13H22O3/c1-15-11-8-4-5-9-12(11)16-13(14)10-6-2-3-7-10/h10-12H,2-9H2,1H3. The van der Waals surface area contributed by atoms with Crippen LogP contribution in [0.2, 0.25) is 0 Å². The van der Waals surface area contributed by atoms with E-state index in [2.05, 4.69) is 0 Å². The molecule has 0 spiro atoms. The summed E-state index contributed by atoms with van der Waals surface area (Å²) in [5, 5.41) is 0. The van der Waals surface area contributed by atoms with Crippen LogP contribution in [0.15, 0.2) is 0 Å². The Morgan fingerprint density at radius 1 is 0.938 bits per heavy atom. The smallest absolute Gasteiger partial charge is 0.309 e. The lowest BCUT2D eigenvalue weighted by Gasteiger charge is -2.30. The Hall–Kier alpha value is -0.570. The Balaban J connectivity index is 1.84. The molecule has 0 bridgehead atoms. The molecule has 0 N–H and O–H groups in total. The predicted molar refractivity (Wildman–Crippen MR) is 61.1 cm³/mol. The highest BCUT2D eigenvalue weighted by Crippen LogP contribution is 2.29. The van der Waals surface area contributed by atoms with Gasteiger partial charge in [0, 0.05) is 7.11 Å². The van der Waals surface area contributed by atoms with Crippen molar-refractivity contribution < 1.29 is 14.3 Å². The second-order valence-electron chi connectivity index (χ2n) is 5.02. The second kappa shape index (κ2) is 5.67. The summed E-state index contributed by atoms with van der Waals surface area (Å²) in [6.45, 7) is 0. The van der Waals surface area contributed by atoms with E-state index in [1.54, 1.807) is 7.11 Å². The Morgan fingerprint density at radius 3 is 2.12 bits per heavy atom. The summed E-state index contributed by atoms with van der Waals surface area (Å²) in [6, 6.07) is 0. The molecule has 16 heavy (non-hydrogen) atoms. The number of esters is 1. The van der Waals surface area contributed by atoms with Crippen molar-refractivity contribution in [3.05, 3.63) is 0 Å². The summed E-state index contributed by atoms with van der Waals surface area (Å²) >= 11 is 0. The highest BCUT2D eigenvalue weighted by atomic mass is 16.6. The predicted octanol–water partition coefficient (Wildman–Crippen LogP) is 2.68. The maximum Gasteiger partial charge on any atom is 0.309 e. The van der Waals surface area contributed by atoms with Crippen LogP contribution in [0, 0.1) is 5.92 Å². The Kier molecular flexibility index (Phi) is 4.22. The van der Waals surface area contributed by atoms with Gasteiger partial charge < -0.3 is 9.47 Å². The number of rotatable bonds is 3. The van der Waals surface area contributed by atoms with E-state index in [4.69, 9.17) is 9.47 Å². The summed E-state index contributed by atoms with van der Waals surface area (Å²) in [5.74, 6) is 0.186. The summed E-state index contributed by atoms with van der Waals surface area (Å²) < 4.78 is 11.0. The van der Waals surface area contributed by atoms with Crippen molar-refractivity contribution in [3.8, 4) is 0 Å². The van der Waals surface area contributed by atoms with Gasteiger partial charge >= 0.3 is 5.97 Å². The van der Waals surface area contributed by atoms with Gasteiger partial charge in [0.2, 0.25) is 0 Å². The van der Waals surface area contributed by atoms with Crippen molar-refractivity contribution in [2.45, 2.75) is 63.6 Å². The molecule has 0 aromatic rings. The van der Waals surface area contributed by atoms with Crippen LogP contribution in [0.4, 0.5) is 0 Å². The van der Waals surface area contributed by atoms with Gasteiger partial charge in [-0.1, -0.05) is 19.3 Å². The average Bonchev–Trinajstić information content (AvgIpc) is 2.83. The molecule has 0 aromatic carbocycles. The zero-order valence-corrected chi connectivity index (χ0v) is 10.1. The number of carbonyl (C=O) groups excluding carboxylic acids is 1. The molecule has 2 aliphatic carbocycles. The molecule has 2 atom stereocenters. The van der Waals surface area contributed by atoms with Crippen LogP contribution in [0.25, 0.3) is 0 Å². The quantitative estimate of drug-likeness (QED) is 0.694. The SMILES string of the molecule is COC1CCCCC1OC(=O)C1CCCC1. The van der Waals surface area contributed by atoms with E-state index in [0.29, 0.717) is 0 Å². The fraction of sp³-hybridized carbons (Fsp3) is 0.923. The van der Waals surface area contributed by atoms with Crippen LogP contribution in [0.5, 0.6) is 0 Å². The molecule has 92 valence electrons. The van der Waals surface area contributed by atoms with E-state index < -0.39 is 0 Å². The van der Waals surface area contributed by atoms with Gasteiger partial charge in [0.05, 0.1) is 12.0 Å². The summed E-state index contributed by atoms with van der Waals surface area (Å²) in [5.41, 5.74) is 0. The molecule has 3 heteroatoms. The van der Waals surface area contributed by atoms with Gasteiger partial charge in [0.15, 0.2) is 0 Å². The maximum atomic E-state index is 11.9. The molecule has 3 nitrogen and oxygen atoms in total. The van der Waals surface area contributed by atoms with E-state index >= 15 is 0 Å². The van der Waals surface area contributed by atoms with Crippen LogP contribution < -0.4 is 0 Å². The van der Waals surface area contributed by atoms with E-state index in [1.165, 1.54) is 19.3 Å². The lowest BCUT2D eigenvalue weighted by molar-refractivity contribution is -0.163. The molecule has 0 saturated heterocycles. The molecule has 0 radical (unpaired) electrons. The van der Waals surface area contributed by atoms with Crippen molar-refractivity contribution in [1.29, 1.82) is 0 Å². The monoisotopic (exact) mass is 226 g/mol. The van der Waals surface area contributed by atoms with Crippen molar-refractivity contribution in [3.63, 3.8) is 0 Å². The fourth-order valence-electron chi connectivity index (χ4n) is 2.87. The summed E-state index contributed by atoms with van der Waals surface area (Å²) in [4.78, 5) is 11.9. The summed E-state index contributed by atoms with van der Waals surface area (Å²) in [6.07, 6.45) is 8.86. The third-order valence-electron chi connectivity index (χ3n) is 3.90. The molecule has 0 amide bonds. The Labute approximate surface area is 97.5 Å². The first-order chi connectivity index (χ1) is 7.81. The number of hydrogen-bond donors (Lipinski definition) is 0. The van der Waals surface area contributed by atoms with Crippen LogP contribution in [-0.4, -0.2) is 25.3 Å². The first-order valence-corrected chi connectivity index (χ1v) is 6.54. The summed E-state index contributed by atoms with van der Waals surface area (Å²) in [7, 11) is 1.71. The fourth-order valence-corrected chi connectivity index (χ4v) is 2.87. The second-order valence-corrected chi connectivity index (χ2v) is 5.02.